The average molecular weight is 243 g/mol. The molecule has 0 fully saturated rings. The maximum Gasteiger partial charge on any atom is 0.117 e. The van der Waals surface area contributed by atoms with Gasteiger partial charge < -0.3 is 9.73 Å². The Balaban J connectivity index is 2.03. The van der Waals surface area contributed by atoms with Crippen molar-refractivity contribution in [3.05, 3.63) is 58.5 Å². The molecule has 0 aliphatic heterocycles. The van der Waals surface area contributed by atoms with E-state index in [0.29, 0.717) is 6.04 Å². The second-order valence-electron chi connectivity index (χ2n) is 4.97. The van der Waals surface area contributed by atoms with E-state index >= 15 is 0 Å². The molecule has 1 heterocycles. The van der Waals surface area contributed by atoms with Gasteiger partial charge in [-0.25, -0.2) is 0 Å². The van der Waals surface area contributed by atoms with Gasteiger partial charge in [-0.2, -0.15) is 0 Å². The highest BCUT2D eigenvalue weighted by Crippen LogP contribution is 2.19. The molecule has 2 nitrogen and oxygen atoms in total. The van der Waals surface area contributed by atoms with Crippen molar-refractivity contribution in [3.8, 4) is 0 Å². The van der Waals surface area contributed by atoms with Crippen molar-refractivity contribution in [2.24, 2.45) is 0 Å². The second kappa shape index (κ2) is 5.40. The predicted molar refractivity (Wildman–Crippen MR) is 74.6 cm³/mol. The summed E-state index contributed by atoms with van der Waals surface area (Å²) in [6, 6.07) is 10.9. The predicted octanol–water partition coefficient (Wildman–Crippen LogP) is 4.06. The quantitative estimate of drug-likeness (QED) is 0.876. The lowest BCUT2D eigenvalue weighted by molar-refractivity contribution is 0.444. The van der Waals surface area contributed by atoms with Crippen molar-refractivity contribution in [3.63, 3.8) is 0 Å². The zero-order chi connectivity index (χ0) is 13.1. The lowest BCUT2D eigenvalue weighted by atomic mass is 10.00. The van der Waals surface area contributed by atoms with E-state index in [1.165, 1.54) is 16.7 Å². The minimum atomic E-state index is 0.329. The summed E-state index contributed by atoms with van der Waals surface area (Å²) in [6.45, 7) is 9.22. The topological polar surface area (TPSA) is 25.2 Å². The highest BCUT2D eigenvalue weighted by atomic mass is 16.3. The van der Waals surface area contributed by atoms with Gasteiger partial charge in [0, 0.05) is 6.04 Å². The van der Waals surface area contributed by atoms with Crippen molar-refractivity contribution in [1.82, 2.24) is 5.32 Å². The van der Waals surface area contributed by atoms with Crippen LogP contribution in [0.5, 0.6) is 0 Å². The van der Waals surface area contributed by atoms with Crippen molar-refractivity contribution in [2.45, 2.75) is 40.3 Å². The molecule has 0 amide bonds. The van der Waals surface area contributed by atoms with Crippen molar-refractivity contribution < 1.29 is 4.42 Å². The van der Waals surface area contributed by atoms with Crippen LogP contribution in [-0.2, 0) is 6.54 Å². The summed E-state index contributed by atoms with van der Waals surface area (Å²) >= 11 is 0. The third-order valence-corrected chi connectivity index (χ3v) is 3.28. The van der Waals surface area contributed by atoms with Crippen LogP contribution in [0.2, 0.25) is 0 Å². The third-order valence-electron chi connectivity index (χ3n) is 3.28. The zero-order valence-corrected chi connectivity index (χ0v) is 11.6. The van der Waals surface area contributed by atoms with Gasteiger partial charge in [0.15, 0.2) is 0 Å². The maximum absolute atomic E-state index is 5.56. The number of hydrogen-bond acceptors (Lipinski definition) is 2. The number of nitrogens with one attached hydrogen (secondary N) is 1. The lowest BCUT2D eigenvalue weighted by Gasteiger charge is -2.16. The highest BCUT2D eigenvalue weighted by Gasteiger charge is 2.09. The molecule has 0 saturated carbocycles. The fraction of sp³-hybridized carbons (Fsp3) is 0.375. The highest BCUT2D eigenvalue weighted by molar-refractivity contribution is 5.32. The lowest BCUT2D eigenvalue weighted by Crippen LogP contribution is -2.18. The molecule has 2 aromatic rings. The minimum absolute atomic E-state index is 0.329. The van der Waals surface area contributed by atoms with Gasteiger partial charge >= 0.3 is 0 Å². The molecular weight excluding hydrogens is 222 g/mol. The zero-order valence-electron chi connectivity index (χ0n) is 11.6. The fourth-order valence-corrected chi connectivity index (χ4v) is 2.17. The summed E-state index contributed by atoms with van der Waals surface area (Å²) in [5.74, 6) is 1.95. The first-order valence-electron chi connectivity index (χ1n) is 6.42. The standard InChI is InChI=1S/C16H21NO/c1-11-5-6-12(2)16(9-11)14(4)17-10-15-8-7-13(3)18-15/h5-9,14,17H,10H2,1-4H3. The van der Waals surface area contributed by atoms with Gasteiger partial charge in [0.2, 0.25) is 0 Å². The molecule has 1 N–H and O–H groups in total. The summed E-state index contributed by atoms with van der Waals surface area (Å²) in [5, 5.41) is 3.50. The number of hydrogen-bond donors (Lipinski definition) is 1. The Morgan fingerprint density at radius 3 is 2.56 bits per heavy atom. The van der Waals surface area contributed by atoms with Crippen LogP contribution >= 0.6 is 0 Å². The van der Waals surface area contributed by atoms with Crippen LogP contribution in [-0.4, -0.2) is 0 Å². The average Bonchev–Trinajstić information content (AvgIpc) is 2.75. The Kier molecular flexibility index (Phi) is 3.87. The van der Waals surface area contributed by atoms with Crippen molar-refractivity contribution >= 4 is 0 Å². The molecule has 1 aromatic carbocycles. The molecule has 18 heavy (non-hydrogen) atoms. The van der Waals surface area contributed by atoms with Gasteiger partial charge in [-0.1, -0.05) is 23.8 Å². The Bertz CT molecular complexity index is 528. The van der Waals surface area contributed by atoms with Gasteiger partial charge in [0.1, 0.15) is 11.5 Å². The van der Waals surface area contributed by atoms with E-state index in [0.717, 1.165) is 18.1 Å². The molecule has 0 saturated heterocycles. The molecular formula is C16H21NO. The Morgan fingerprint density at radius 2 is 1.89 bits per heavy atom. The molecule has 2 heteroatoms. The Labute approximate surface area is 109 Å². The summed E-state index contributed by atoms with van der Waals surface area (Å²) < 4.78 is 5.56. The normalized spacial score (nSPS) is 12.7. The van der Waals surface area contributed by atoms with Crippen LogP contribution in [0.4, 0.5) is 0 Å². The second-order valence-corrected chi connectivity index (χ2v) is 4.97. The summed E-state index contributed by atoms with van der Waals surface area (Å²) in [4.78, 5) is 0. The molecule has 2 rings (SSSR count). The van der Waals surface area contributed by atoms with Gasteiger partial charge in [-0.05, 0) is 51.0 Å². The van der Waals surface area contributed by atoms with Crippen LogP contribution in [0.3, 0.4) is 0 Å². The van der Waals surface area contributed by atoms with E-state index in [1.54, 1.807) is 0 Å². The largest absolute Gasteiger partial charge is 0.465 e. The minimum Gasteiger partial charge on any atom is -0.465 e. The first kappa shape index (κ1) is 12.9. The monoisotopic (exact) mass is 243 g/mol. The van der Waals surface area contributed by atoms with Crippen LogP contribution in [0.1, 0.15) is 41.2 Å². The van der Waals surface area contributed by atoms with E-state index in [-0.39, 0.29) is 0 Å². The molecule has 0 radical (unpaired) electrons. The summed E-state index contributed by atoms with van der Waals surface area (Å²) in [6.07, 6.45) is 0. The van der Waals surface area contributed by atoms with E-state index in [4.69, 9.17) is 4.42 Å². The number of benzene rings is 1. The van der Waals surface area contributed by atoms with Crippen molar-refractivity contribution in [2.75, 3.05) is 0 Å². The number of aryl methyl sites for hydroxylation is 3. The molecule has 96 valence electrons. The maximum atomic E-state index is 5.56. The summed E-state index contributed by atoms with van der Waals surface area (Å²) in [5.41, 5.74) is 3.99. The number of furan rings is 1. The van der Waals surface area contributed by atoms with Gasteiger partial charge in [0.05, 0.1) is 6.54 Å². The molecule has 1 atom stereocenters. The Morgan fingerprint density at radius 1 is 1.11 bits per heavy atom. The molecule has 0 spiro atoms. The fourth-order valence-electron chi connectivity index (χ4n) is 2.17. The van der Waals surface area contributed by atoms with E-state index in [2.05, 4.69) is 44.3 Å². The first-order valence-corrected chi connectivity index (χ1v) is 6.42. The van der Waals surface area contributed by atoms with Crippen LogP contribution < -0.4 is 5.32 Å². The van der Waals surface area contributed by atoms with Crippen LogP contribution in [0, 0.1) is 20.8 Å². The van der Waals surface area contributed by atoms with E-state index < -0.39 is 0 Å². The third kappa shape index (κ3) is 3.02. The van der Waals surface area contributed by atoms with Crippen LogP contribution in [0.25, 0.3) is 0 Å². The first-order chi connectivity index (χ1) is 8.56. The molecule has 0 aliphatic carbocycles. The molecule has 1 unspecified atom stereocenters. The Hall–Kier alpha value is -1.54. The SMILES string of the molecule is Cc1ccc(C)c(C(C)NCc2ccc(C)o2)c1. The molecule has 0 bridgehead atoms. The van der Waals surface area contributed by atoms with Gasteiger partial charge in [-0.15, -0.1) is 0 Å². The molecule has 1 aromatic heterocycles. The molecule has 0 aliphatic rings. The smallest absolute Gasteiger partial charge is 0.117 e. The van der Waals surface area contributed by atoms with E-state index in [1.807, 2.05) is 19.1 Å². The van der Waals surface area contributed by atoms with Gasteiger partial charge in [0.25, 0.3) is 0 Å². The van der Waals surface area contributed by atoms with E-state index in [9.17, 15) is 0 Å². The summed E-state index contributed by atoms with van der Waals surface area (Å²) in [7, 11) is 0. The van der Waals surface area contributed by atoms with Crippen molar-refractivity contribution in [1.29, 1.82) is 0 Å². The van der Waals surface area contributed by atoms with Crippen LogP contribution in [0.15, 0.2) is 34.7 Å². The number of rotatable bonds is 4. The van der Waals surface area contributed by atoms with Gasteiger partial charge in [-0.3, -0.25) is 0 Å².